The Labute approximate surface area is 187 Å². The number of rotatable bonds is 6. The molecule has 32 heavy (non-hydrogen) atoms. The average Bonchev–Trinajstić information content (AvgIpc) is 3.08. The molecule has 5 rings (SSSR count). The number of sulfonamides is 1. The van der Waals surface area contributed by atoms with Crippen molar-refractivity contribution in [2.24, 2.45) is 0 Å². The number of hydrogen-bond donors (Lipinski definition) is 0. The van der Waals surface area contributed by atoms with Gasteiger partial charge in [-0.15, -0.1) is 0 Å². The molecule has 1 aliphatic rings. The largest absolute Gasteiger partial charge is 0.303 e. The molecule has 1 aromatic heterocycles. The third-order valence-corrected chi connectivity index (χ3v) is 8.22. The summed E-state index contributed by atoms with van der Waals surface area (Å²) in [5.74, 6) is -0.129. The molecule has 2 heterocycles. The van der Waals surface area contributed by atoms with Gasteiger partial charge < -0.3 is 4.90 Å². The van der Waals surface area contributed by atoms with Crippen LogP contribution in [0.15, 0.2) is 71.8 Å². The highest BCUT2D eigenvalue weighted by molar-refractivity contribution is 7.89. The molecule has 0 atom stereocenters. The van der Waals surface area contributed by atoms with Crippen molar-refractivity contribution >= 4 is 43.3 Å². The van der Waals surface area contributed by atoms with E-state index in [0.717, 1.165) is 22.2 Å². The maximum Gasteiger partial charge on any atom is 0.259 e. The summed E-state index contributed by atoms with van der Waals surface area (Å²) in [5.41, 5.74) is 3.06. The number of hydrogen-bond acceptors (Lipinski definition) is 4. The highest BCUT2D eigenvalue weighted by Crippen LogP contribution is 2.41. The number of aromatic nitrogens is 1. The molecule has 7 heteroatoms. The lowest BCUT2D eigenvalue weighted by atomic mass is 10.1. The number of carbonyl (C=O) groups excluding carboxylic acids is 1. The fraction of sp³-hybridized carbons (Fsp3) is 0.200. The Hall–Kier alpha value is -3.29. The van der Waals surface area contributed by atoms with Crippen molar-refractivity contribution in [3.8, 4) is 0 Å². The Bertz CT molecular complexity index is 1470. The molecule has 0 saturated carbocycles. The molecule has 0 unspecified atom stereocenters. The summed E-state index contributed by atoms with van der Waals surface area (Å²) in [4.78, 5) is 19.8. The fourth-order valence-electron chi connectivity index (χ4n) is 4.57. The maximum atomic E-state index is 13.4. The summed E-state index contributed by atoms with van der Waals surface area (Å²) in [6.07, 6.45) is 1.75. The average molecular weight is 446 g/mol. The highest BCUT2D eigenvalue weighted by atomic mass is 32.2. The molecule has 6 nitrogen and oxygen atoms in total. The van der Waals surface area contributed by atoms with Crippen LogP contribution in [0.25, 0.3) is 21.7 Å². The summed E-state index contributed by atoms with van der Waals surface area (Å²) < 4.78 is 28.0. The molecular formula is C25H23N3O3S. The fourth-order valence-corrected chi connectivity index (χ4v) is 6.22. The van der Waals surface area contributed by atoms with Gasteiger partial charge in [0.2, 0.25) is 10.0 Å². The zero-order valence-corrected chi connectivity index (χ0v) is 18.8. The van der Waals surface area contributed by atoms with Gasteiger partial charge in [-0.3, -0.25) is 9.78 Å². The van der Waals surface area contributed by atoms with Crippen molar-refractivity contribution in [3.63, 3.8) is 0 Å². The molecule has 1 aliphatic heterocycles. The summed E-state index contributed by atoms with van der Waals surface area (Å²) in [5, 5.41) is 2.29. The van der Waals surface area contributed by atoms with Gasteiger partial charge in [0, 0.05) is 41.0 Å². The lowest BCUT2D eigenvalue weighted by molar-refractivity contribution is 0.0991. The van der Waals surface area contributed by atoms with Gasteiger partial charge in [-0.05, 0) is 29.8 Å². The second kappa shape index (κ2) is 7.69. The van der Waals surface area contributed by atoms with Crippen LogP contribution in [0.5, 0.6) is 0 Å². The normalized spacial score (nSPS) is 13.6. The zero-order valence-electron chi connectivity index (χ0n) is 17.9. The van der Waals surface area contributed by atoms with Crippen molar-refractivity contribution in [3.05, 3.63) is 78.0 Å². The summed E-state index contributed by atoms with van der Waals surface area (Å²) in [6.45, 7) is 4.79. The van der Waals surface area contributed by atoms with Crippen LogP contribution in [0.4, 0.5) is 5.69 Å². The number of nitrogens with zero attached hydrogens (tertiary/aromatic N) is 3. The van der Waals surface area contributed by atoms with E-state index >= 15 is 0 Å². The van der Waals surface area contributed by atoms with Gasteiger partial charge in [0.15, 0.2) is 0 Å². The van der Waals surface area contributed by atoms with E-state index < -0.39 is 10.0 Å². The summed E-state index contributed by atoms with van der Waals surface area (Å²) in [6, 6.07) is 18.5. The van der Waals surface area contributed by atoms with Gasteiger partial charge >= 0.3 is 0 Å². The van der Waals surface area contributed by atoms with E-state index in [9.17, 15) is 13.2 Å². The molecule has 0 saturated heterocycles. The lowest BCUT2D eigenvalue weighted by Crippen LogP contribution is -2.30. The van der Waals surface area contributed by atoms with E-state index in [0.29, 0.717) is 36.0 Å². The van der Waals surface area contributed by atoms with Gasteiger partial charge in [0.05, 0.1) is 22.6 Å². The smallest absolute Gasteiger partial charge is 0.259 e. The minimum absolute atomic E-state index is 0.129. The summed E-state index contributed by atoms with van der Waals surface area (Å²) >= 11 is 0. The Balaban J connectivity index is 1.66. The first-order valence-electron chi connectivity index (χ1n) is 10.7. The molecule has 0 bridgehead atoms. The first kappa shape index (κ1) is 20.6. The van der Waals surface area contributed by atoms with Gasteiger partial charge in [0.1, 0.15) is 0 Å². The number of carbonyl (C=O) groups is 1. The van der Waals surface area contributed by atoms with Crippen molar-refractivity contribution < 1.29 is 13.2 Å². The van der Waals surface area contributed by atoms with Crippen molar-refractivity contribution in [1.82, 2.24) is 9.29 Å². The number of benzene rings is 3. The molecule has 162 valence electrons. The molecule has 0 N–H and O–H groups in total. The number of para-hydroxylation sites is 1. The second-order valence-electron chi connectivity index (χ2n) is 7.78. The molecule has 0 fully saturated rings. The molecule has 0 spiro atoms. The van der Waals surface area contributed by atoms with Gasteiger partial charge in [-0.2, -0.15) is 4.31 Å². The number of amides is 1. The van der Waals surface area contributed by atoms with Crippen molar-refractivity contribution in [2.75, 3.05) is 18.0 Å². The molecule has 0 radical (unpaired) electrons. The minimum Gasteiger partial charge on any atom is -0.303 e. The van der Waals surface area contributed by atoms with E-state index in [1.165, 1.54) is 4.31 Å². The van der Waals surface area contributed by atoms with E-state index in [1.807, 2.05) is 44.2 Å². The Morgan fingerprint density at radius 2 is 1.69 bits per heavy atom. The van der Waals surface area contributed by atoms with Crippen LogP contribution in [-0.4, -0.2) is 36.7 Å². The van der Waals surface area contributed by atoms with Crippen LogP contribution < -0.4 is 4.90 Å². The Morgan fingerprint density at radius 1 is 0.938 bits per heavy atom. The van der Waals surface area contributed by atoms with Crippen LogP contribution in [0.2, 0.25) is 0 Å². The lowest BCUT2D eigenvalue weighted by Gasteiger charge is -2.21. The first-order valence-corrected chi connectivity index (χ1v) is 12.1. The van der Waals surface area contributed by atoms with E-state index in [-0.39, 0.29) is 10.8 Å². The first-order chi connectivity index (χ1) is 15.5. The quantitative estimate of drug-likeness (QED) is 0.436. The van der Waals surface area contributed by atoms with Crippen molar-refractivity contribution in [1.29, 1.82) is 0 Å². The molecule has 1 amide bonds. The Kier molecular flexibility index (Phi) is 4.95. The molecule has 0 aliphatic carbocycles. The third-order valence-electron chi connectivity index (χ3n) is 6.11. The molecule has 3 aromatic carbocycles. The summed E-state index contributed by atoms with van der Waals surface area (Å²) in [7, 11) is -3.66. The monoisotopic (exact) mass is 445 g/mol. The van der Waals surface area contributed by atoms with Crippen LogP contribution in [0, 0.1) is 0 Å². The van der Waals surface area contributed by atoms with Crippen molar-refractivity contribution in [2.45, 2.75) is 25.3 Å². The molecule has 4 aromatic rings. The van der Waals surface area contributed by atoms with E-state index in [2.05, 4.69) is 4.98 Å². The molecular weight excluding hydrogens is 422 g/mol. The van der Waals surface area contributed by atoms with Crippen LogP contribution >= 0.6 is 0 Å². The number of anilines is 1. The maximum absolute atomic E-state index is 13.4. The van der Waals surface area contributed by atoms with Gasteiger partial charge in [-0.1, -0.05) is 50.2 Å². The van der Waals surface area contributed by atoms with E-state index in [4.69, 9.17) is 0 Å². The predicted molar refractivity (Wildman–Crippen MR) is 126 cm³/mol. The van der Waals surface area contributed by atoms with Crippen LogP contribution in [0.1, 0.15) is 29.8 Å². The van der Waals surface area contributed by atoms with Gasteiger partial charge in [0.25, 0.3) is 5.91 Å². The second-order valence-corrected chi connectivity index (χ2v) is 9.69. The predicted octanol–water partition coefficient (Wildman–Crippen LogP) is 4.58. The number of fused-ring (bicyclic) bond motifs is 1. The standard InChI is InChI=1S/C25H23N3O3S/c1-3-27(4-2)32(30,31)22-14-13-21-23-19(22)11-6-12-20(23)25(29)28(21)16-18-9-5-8-17-10-7-15-26-24(17)18/h5-15H,3-4,16H2,1-2H3. The Morgan fingerprint density at radius 3 is 2.47 bits per heavy atom. The van der Waals surface area contributed by atoms with Crippen LogP contribution in [-0.2, 0) is 16.6 Å². The van der Waals surface area contributed by atoms with Crippen LogP contribution in [0.3, 0.4) is 0 Å². The van der Waals surface area contributed by atoms with E-state index in [1.54, 1.807) is 41.4 Å². The van der Waals surface area contributed by atoms with Gasteiger partial charge in [-0.25, -0.2) is 8.42 Å². The minimum atomic E-state index is -3.66. The SMILES string of the molecule is CCN(CC)S(=O)(=O)c1ccc2c3c(cccc13)C(=O)N2Cc1cccc2cccnc12. The third kappa shape index (κ3) is 3.00. The topological polar surface area (TPSA) is 70.6 Å². The highest BCUT2D eigenvalue weighted by Gasteiger charge is 2.33. The zero-order chi connectivity index (χ0) is 22.5. The number of pyridine rings is 1.